The molecule has 2 fully saturated rings. The lowest BCUT2D eigenvalue weighted by atomic mass is 9.99. The molecule has 0 aliphatic carbocycles. The van der Waals surface area contributed by atoms with Crippen LogP contribution in [0.25, 0.3) is 10.4 Å². The first-order chi connectivity index (χ1) is 16.9. The molecule has 188 valence electrons. The van der Waals surface area contributed by atoms with Gasteiger partial charge in [0.05, 0.1) is 22.2 Å². The normalized spacial score (nSPS) is 22.3. The number of carbonyl (C=O) groups is 3. The maximum Gasteiger partial charge on any atom is 0.246 e. The molecule has 0 spiro atoms. The number of carbonyl (C=O) groups excluding carboxylic acids is 3. The Labute approximate surface area is 210 Å². The van der Waals surface area contributed by atoms with Gasteiger partial charge < -0.3 is 20.2 Å². The lowest BCUT2D eigenvalue weighted by Crippen LogP contribution is -2.56. The summed E-state index contributed by atoms with van der Waals surface area (Å²) in [5.74, 6) is -0.516. The van der Waals surface area contributed by atoms with E-state index in [0.717, 1.165) is 41.0 Å². The number of β-amino-alcohol motifs (C(OH)–C–C–N with tert-alkyl or cyclic N) is 1. The lowest BCUT2D eigenvalue weighted by Gasteiger charge is -2.38. The van der Waals surface area contributed by atoms with Crippen LogP contribution < -0.4 is 5.32 Å². The van der Waals surface area contributed by atoms with Crippen LogP contribution in [0.5, 0.6) is 0 Å². The second kappa shape index (κ2) is 11.3. The van der Waals surface area contributed by atoms with Crippen LogP contribution in [-0.4, -0.2) is 68.9 Å². The number of piperidine rings is 1. The summed E-state index contributed by atoms with van der Waals surface area (Å²) in [6, 6.07) is 6.69. The molecule has 3 heterocycles. The van der Waals surface area contributed by atoms with Gasteiger partial charge >= 0.3 is 0 Å². The van der Waals surface area contributed by atoms with E-state index < -0.39 is 18.2 Å². The molecule has 2 aromatic rings. The molecule has 0 radical (unpaired) electrons. The van der Waals surface area contributed by atoms with Crippen LogP contribution in [0.4, 0.5) is 0 Å². The first-order valence-electron chi connectivity index (χ1n) is 12.4. The Balaban J connectivity index is 1.40. The van der Waals surface area contributed by atoms with E-state index in [1.807, 2.05) is 43.6 Å². The summed E-state index contributed by atoms with van der Waals surface area (Å²) in [6.45, 7) is 4.95. The van der Waals surface area contributed by atoms with Gasteiger partial charge in [-0.15, -0.1) is 11.3 Å². The smallest absolute Gasteiger partial charge is 0.246 e. The van der Waals surface area contributed by atoms with Gasteiger partial charge in [-0.3, -0.25) is 14.4 Å². The summed E-state index contributed by atoms with van der Waals surface area (Å²) in [4.78, 5) is 47.7. The van der Waals surface area contributed by atoms with Gasteiger partial charge in [0, 0.05) is 32.5 Å². The fourth-order valence-corrected chi connectivity index (χ4v) is 5.81. The quantitative estimate of drug-likeness (QED) is 0.611. The maximum atomic E-state index is 13.5. The first-order valence-corrected chi connectivity index (χ1v) is 13.3. The van der Waals surface area contributed by atoms with Crippen molar-refractivity contribution in [3.05, 3.63) is 41.0 Å². The zero-order valence-electron chi connectivity index (χ0n) is 20.4. The van der Waals surface area contributed by atoms with Crippen molar-refractivity contribution in [3.63, 3.8) is 0 Å². The zero-order chi connectivity index (χ0) is 24.9. The average Bonchev–Trinajstić information content (AvgIpc) is 3.48. The van der Waals surface area contributed by atoms with E-state index in [0.29, 0.717) is 25.9 Å². The Bertz CT molecular complexity index is 1050. The molecular weight excluding hydrogens is 464 g/mol. The molecule has 3 unspecified atom stereocenters. The van der Waals surface area contributed by atoms with Crippen LogP contribution in [0.15, 0.2) is 29.8 Å². The molecule has 4 rings (SSSR count). The van der Waals surface area contributed by atoms with Crippen LogP contribution in [0, 0.1) is 6.92 Å². The molecule has 35 heavy (non-hydrogen) atoms. The third kappa shape index (κ3) is 5.73. The Hall–Kier alpha value is -2.78. The molecule has 1 aromatic heterocycles. The number of hydrogen-bond donors (Lipinski definition) is 2. The number of aryl methyl sites for hydroxylation is 1. The number of benzene rings is 1. The van der Waals surface area contributed by atoms with E-state index >= 15 is 0 Å². The number of aromatic nitrogens is 1. The highest BCUT2D eigenvalue weighted by molar-refractivity contribution is 7.13. The van der Waals surface area contributed by atoms with E-state index in [4.69, 9.17) is 0 Å². The molecule has 2 aliphatic rings. The minimum atomic E-state index is -0.750. The Morgan fingerprint density at radius 1 is 1.14 bits per heavy atom. The number of likely N-dealkylation sites (tertiary alicyclic amines) is 2. The number of nitrogens with one attached hydrogen (secondary N) is 1. The van der Waals surface area contributed by atoms with E-state index in [9.17, 15) is 19.5 Å². The topological polar surface area (TPSA) is 103 Å². The number of aliphatic hydroxyl groups is 1. The van der Waals surface area contributed by atoms with Crippen molar-refractivity contribution >= 4 is 29.1 Å². The highest BCUT2D eigenvalue weighted by Crippen LogP contribution is 2.28. The van der Waals surface area contributed by atoms with Crippen molar-refractivity contribution in [1.82, 2.24) is 20.1 Å². The number of amides is 3. The number of thiazole rings is 1. The monoisotopic (exact) mass is 498 g/mol. The van der Waals surface area contributed by atoms with Gasteiger partial charge in [0.15, 0.2) is 0 Å². The fourth-order valence-electron chi connectivity index (χ4n) is 5.00. The molecule has 9 heteroatoms. The molecular formula is C26H34N4O4S. The average molecular weight is 499 g/mol. The summed E-state index contributed by atoms with van der Waals surface area (Å²) in [5, 5.41) is 13.2. The van der Waals surface area contributed by atoms with Crippen LogP contribution in [-0.2, 0) is 20.9 Å². The first kappa shape index (κ1) is 25.3. The van der Waals surface area contributed by atoms with Crippen molar-refractivity contribution in [2.45, 2.75) is 77.1 Å². The van der Waals surface area contributed by atoms with Crippen molar-refractivity contribution < 1.29 is 19.5 Å². The van der Waals surface area contributed by atoms with Crippen LogP contribution in [0.3, 0.4) is 0 Å². The third-order valence-corrected chi connectivity index (χ3v) is 7.84. The van der Waals surface area contributed by atoms with Gasteiger partial charge in [-0.1, -0.05) is 31.2 Å². The predicted octanol–water partition coefficient (Wildman–Crippen LogP) is 2.88. The van der Waals surface area contributed by atoms with E-state index in [1.54, 1.807) is 16.2 Å². The number of rotatable bonds is 7. The summed E-state index contributed by atoms with van der Waals surface area (Å²) in [6.07, 6.45) is 2.95. The molecule has 2 aliphatic heterocycles. The number of aliphatic hydroxyl groups excluding tert-OH is 1. The largest absolute Gasteiger partial charge is 0.391 e. The van der Waals surface area contributed by atoms with Crippen molar-refractivity contribution in [2.24, 2.45) is 0 Å². The summed E-state index contributed by atoms with van der Waals surface area (Å²) >= 11 is 1.60. The highest BCUT2D eigenvalue weighted by Gasteiger charge is 2.43. The highest BCUT2D eigenvalue weighted by atomic mass is 32.1. The van der Waals surface area contributed by atoms with Crippen molar-refractivity contribution in [3.8, 4) is 10.4 Å². The van der Waals surface area contributed by atoms with Crippen LogP contribution in [0.1, 0.15) is 56.7 Å². The molecule has 2 saturated heterocycles. The Morgan fingerprint density at radius 2 is 1.91 bits per heavy atom. The number of nitrogens with zero attached hydrogens (tertiary/aromatic N) is 3. The molecule has 8 nitrogen and oxygen atoms in total. The van der Waals surface area contributed by atoms with Gasteiger partial charge in [-0.2, -0.15) is 0 Å². The van der Waals surface area contributed by atoms with Gasteiger partial charge in [0.2, 0.25) is 17.7 Å². The molecule has 3 amide bonds. The Kier molecular flexibility index (Phi) is 8.18. The van der Waals surface area contributed by atoms with E-state index in [-0.39, 0.29) is 30.7 Å². The molecule has 3 atom stereocenters. The fraction of sp³-hybridized carbons (Fsp3) is 0.538. The molecule has 2 N–H and O–H groups in total. The van der Waals surface area contributed by atoms with Crippen LogP contribution >= 0.6 is 11.3 Å². The third-order valence-electron chi connectivity index (χ3n) is 6.87. The standard InChI is InChI=1S/C26H34N4O4S/c1-3-6-23(32)29-12-5-4-7-21(29)26(34)30-15-20(31)13-22(30)25(33)27-14-18-8-10-19(11-9-18)24-17(2)28-16-35-24/h8-11,16,20-22,31H,3-7,12-15H2,1-2H3,(H,27,33). The van der Waals surface area contributed by atoms with Crippen molar-refractivity contribution in [2.75, 3.05) is 13.1 Å². The number of hydrogen-bond acceptors (Lipinski definition) is 6. The zero-order valence-corrected chi connectivity index (χ0v) is 21.2. The molecule has 0 saturated carbocycles. The Morgan fingerprint density at radius 3 is 2.60 bits per heavy atom. The summed E-state index contributed by atoms with van der Waals surface area (Å²) in [7, 11) is 0. The maximum absolute atomic E-state index is 13.5. The molecule has 1 aromatic carbocycles. The van der Waals surface area contributed by atoms with Gasteiger partial charge in [-0.25, -0.2) is 4.98 Å². The van der Waals surface area contributed by atoms with Gasteiger partial charge in [0.25, 0.3) is 0 Å². The van der Waals surface area contributed by atoms with Gasteiger partial charge in [0.1, 0.15) is 12.1 Å². The van der Waals surface area contributed by atoms with Crippen molar-refractivity contribution in [1.29, 1.82) is 0 Å². The van der Waals surface area contributed by atoms with Crippen LogP contribution in [0.2, 0.25) is 0 Å². The minimum Gasteiger partial charge on any atom is -0.391 e. The summed E-state index contributed by atoms with van der Waals surface area (Å²) in [5.41, 5.74) is 4.86. The van der Waals surface area contributed by atoms with E-state index in [2.05, 4.69) is 10.3 Å². The lowest BCUT2D eigenvalue weighted by molar-refractivity contribution is -0.150. The SMILES string of the molecule is CCCC(=O)N1CCCCC1C(=O)N1CC(O)CC1C(=O)NCc1ccc(-c2scnc2C)cc1. The summed E-state index contributed by atoms with van der Waals surface area (Å²) < 4.78 is 0. The second-order valence-corrected chi connectivity index (χ2v) is 10.3. The van der Waals surface area contributed by atoms with E-state index in [1.165, 1.54) is 4.90 Å². The molecule has 0 bridgehead atoms. The second-order valence-electron chi connectivity index (χ2n) is 9.43. The minimum absolute atomic E-state index is 0.0109. The van der Waals surface area contributed by atoms with Gasteiger partial charge in [-0.05, 0) is 43.7 Å². The predicted molar refractivity (Wildman–Crippen MR) is 135 cm³/mol.